The molecule has 1 heterocycles. The highest BCUT2D eigenvalue weighted by Gasteiger charge is 2.06. The van der Waals surface area contributed by atoms with Gasteiger partial charge in [0.05, 0.1) is 0 Å². The van der Waals surface area contributed by atoms with Crippen LogP contribution in [-0.2, 0) is 6.54 Å². The minimum Gasteiger partial charge on any atom is -0.367 e. The van der Waals surface area contributed by atoms with Gasteiger partial charge in [-0.15, -0.1) is 0 Å². The molecule has 19 heavy (non-hydrogen) atoms. The molecule has 3 nitrogen and oxygen atoms in total. The van der Waals surface area contributed by atoms with Crippen molar-refractivity contribution in [3.8, 4) is 6.07 Å². The number of pyridine rings is 1. The van der Waals surface area contributed by atoms with Crippen LogP contribution < -0.4 is 4.90 Å². The predicted octanol–water partition coefficient (Wildman–Crippen LogP) is 3.29. The molecule has 0 amide bonds. The summed E-state index contributed by atoms with van der Waals surface area (Å²) in [6.45, 7) is 5.93. The van der Waals surface area contributed by atoms with Crippen LogP contribution in [0.4, 0.5) is 5.69 Å². The molecule has 0 spiro atoms. The summed E-state index contributed by atoms with van der Waals surface area (Å²) < 4.78 is 0. The second-order valence-corrected chi connectivity index (χ2v) is 4.51. The second kappa shape index (κ2) is 6.01. The van der Waals surface area contributed by atoms with Gasteiger partial charge in [0.15, 0.2) is 0 Å². The van der Waals surface area contributed by atoms with Gasteiger partial charge in [0.2, 0.25) is 0 Å². The molecule has 3 heteroatoms. The Labute approximate surface area is 114 Å². The van der Waals surface area contributed by atoms with E-state index in [9.17, 15) is 0 Å². The van der Waals surface area contributed by atoms with Gasteiger partial charge < -0.3 is 4.90 Å². The number of aryl methyl sites for hydroxylation is 1. The third kappa shape index (κ3) is 3.32. The third-order valence-electron chi connectivity index (χ3n) is 3.09. The first-order valence-corrected chi connectivity index (χ1v) is 6.39. The standard InChI is InChI=1S/C16H17N3/c1-3-19(16-6-4-13(2)5-7-16)12-14-8-9-18-15(10-14)11-17/h4-10H,3,12H2,1-2H3. The number of aromatic nitrogens is 1. The maximum atomic E-state index is 8.87. The van der Waals surface area contributed by atoms with Gasteiger partial charge in [-0.25, -0.2) is 4.98 Å². The van der Waals surface area contributed by atoms with Gasteiger partial charge >= 0.3 is 0 Å². The highest BCUT2D eigenvalue weighted by atomic mass is 15.1. The number of nitriles is 1. The van der Waals surface area contributed by atoms with Crippen molar-refractivity contribution in [2.45, 2.75) is 20.4 Å². The van der Waals surface area contributed by atoms with E-state index in [1.54, 1.807) is 6.20 Å². The summed E-state index contributed by atoms with van der Waals surface area (Å²) in [4.78, 5) is 6.27. The van der Waals surface area contributed by atoms with Crippen molar-refractivity contribution in [2.24, 2.45) is 0 Å². The fourth-order valence-electron chi connectivity index (χ4n) is 2.00. The molecule has 1 aromatic heterocycles. The van der Waals surface area contributed by atoms with Crippen molar-refractivity contribution in [3.63, 3.8) is 0 Å². The maximum Gasteiger partial charge on any atom is 0.140 e. The molecule has 0 saturated heterocycles. The highest BCUT2D eigenvalue weighted by Crippen LogP contribution is 2.17. The minimum atomic E-state index is 0.470. The van der Waals surface area contributed by atoms with Crippen LogP contribution in [0.3, 0.4) is 0 Å². The van der Waals surface area contributed by atoms with Crippen LogP contribution in [0.1, 0.15) is 23.7 Å². The van der Waals surface area contributed by atoms with Crippen molar-refractivity contribution >= 4 is 5.69 Å². The lowest BCUT2D eigenvalue weighted by molar-refractivity contribution is 0.829. The largest absolute Gasteiger partial charge is 0.367 e. The fraction of sp³-hybridized carbons (Fsp3) is 0.250. The molecular formula is C16H17N3. The van der Waals surface area contributed by atoms with Crippen LogP contribution in [0.25, 0.3) is 0 Å². The Morgan fingerprint density at radius 1 is 1.21 bits per heavy atom. The predicted molar refractivity (Wildman–Crippen MR) is 76.9 cm³/mol. The van der Waals surface area contributed by atoms with Crippen LogP contribution in [0, 0.1) is 18.3 Å². The molecule has 0 aliphatic rings. The summed E-state index contributed by atoms with van der Waals surface area (Å²) in [5.74, 6) is 0. The fourth-order valence-corrected chi connectivity index (χ4v) is 2.00. The van der Waals surface area contributed by atoms with Gasteiger partial charge in [0.1, 0.15) is 11.8 Å². The SMILES string of the molecule is CCN(Cc1ccnc(C#N)c1)c1ccc(C)cc1. The number of nitrogens with zero attached hydrogens (tertiary/aromatic N) is 3. The molecule has 0 bridgehead atoms. The zero-order valence-corrected chi connectivity index (χ0v) is 11.3. The monoisotopic (exact) mass is 251 g/mol. The summed E-state index contributed by atoms with van der Waals surface area (Å²) in [6, 6.07) is 14.4. The molecule has 2 aromatic rings. The van der Waals surface area contributed by atoms with Gasteiger partial charge in [0, 0.05) is 25.0 Å². The first kappa shape index (κ1) is 13.1. The highest BCUT2D eigenvalue weighted by molar-refractivity contribution is 5.48. The first-order valence-electron chi connectivity index (χ1n) is 6.39. The molecule has 0 saturated carbocycles. The minimum absolute atomic E-state index is 0.470. The van der Waals surface area contributed by atoms with Crippen molar-refractivity contribution in [2.75, 3.05) is 11.4 Å². The van der Waals surface area contributed by atoms with E-state index in [2.05, 4.69) is 54.1 Å². The summed E-state index contributed by atoms with van der Waals surface area (Å²) >= 11 is 0. The molecule has 2 rings (SSSR count). The van der Waals surface area contributed by atoms with Crippen LogP contribution in [0.5, 0.6) is 0 Å². The van der Waals surface area contributed by atoms with E-state index < -0.39 is 0 Å². The zero-order chi connectivity index (χ0) is 13.7. The van der Waals surface area contributed by atoms with E-state index >= 15 is 0 Å². The van der Waals surface area contributed by atoms with Crippen molar-refractivity contribution in [3.05, 3.63) is 59.4 Å². The third-order valence-corrected chi connectivity index (χ3v) is 3.09. The van der Waals surface area contributed by atoms with E-state index in [-0.39, 0.29) is 0 Å². The summed E-state index contributed by atoms with van der Waals surface area (Å²) in [5.41, 5.74) is 4.03. The quantitative estimate of drug-likeness (QED) is 0.837. The molecule has 96 valence electrons. The number of benzene rings is 1. The van der Waals surface area contributed by atoms with E-state index in [0.29, 0.717) is 5.69 Å². The van der Waals surface area contributed by atoms with E-state index in [1.165, 1.54) is 11.3 Å². The molecule has 0 aliphatic carbocycles. The van der Waals surface area contributed by atoms with Gasteiger partial charge in [-0.05, 0) is 43.7 Å². The number of rotatable bonds is 4. The number of hydrogen-bond donors (Lipinski definition) is 0. The van der Waals surface area contributed by atoms with Crippen molar-refractivity contribution in [1.82, 2.24) is 4.98 Å². The first-order chi connectivity index (χ1) is 9.22. The average molecular weight is 251 g/mol. The molecule has 0 unspecified atom stereocenters. The van der Waals surface area contributed by atoms with E-state index in [0.717, 1.165) is 18.7 Å². The van der Waals surface area contributed by atoms with Gasteiger partial charge in [0.25, 0.3) is 0 Å². The molecule has 1 aromatic carbocycles. The molecule has 0 fully saturated rings. The Balaban J connectivity index is 2.19. The molecular weight excluding hydrogens is 234 g/mol. The lowest BCUT2D eigenvalue weighted by atomic mass is 10.2. The molecule has 0 N–H and O–H groups in total. The topological polar surface area (TPSA) is 39.9 Å². The molecule has 0 atom stereocenters. The van der Waals surface area contributed by atoms with Crippen molar-refractivity contribution < 1.29 is 0 Å². The Hall–Kier alpha value is -2.34. The van der Waals surface area contributed by atoms with Gasteiger partial charge in [-0.2, -0.15) is 5.26 Å². The molecule has 0 aliphatic heterocycles. The smallest absolute Gasteiger partial charge is 0.140 e. The van der Waals surface area contributed by atoms with Crippen molar-refractivity contribution in [1.29, 1.82) is 5.26 Å². The lowest BCUT2D eigenvalue weighted by Gasteiger charge is -2.23. The summed E-state index contributed by atoms with van der Waals surface area (Å²) in [6.07, 6.45) is 1.69. The number of anilines is 1. The average Bonchev–Trinajstić information content (AvgIpc) is 2.46. The summed E-state index contributed by atoms with van der Waals surface area (Å²) in [7, 11) is 0. The summed E-state index contributed by atoms with van der Waals surface area (Å²) in [5, 5.41) is 8.87. The maximum absolute atomic E-state index is 8.87. The number of hydrogen-bond acceptors (Lipinski definition) is 3. The van der Waals surface area contributed by atoms with Crippen LogP contribution in [-0.4, -0.2) is 11.5 Å². The van der Waals surface area contributed by atoms with Gasteiger partial charge in [-0.3, -0.25) is 0 Å². The second-order valence-electron chi connectivity index (χ2n) is 4.51. The Kier molecular flexibility index (Phi) is 4.15. The zero-order valence-electron chi connectivity index (χ0n) is 11.3. The lowest BCUT2D eigenvalue weighted by Crippen LogP contribution is -2.22. The van der Waals surface area contributed by atoms with E-state index in [4.69, 9.17) is 5.26 Å². The van der Waals surface area contributed by atoms with Gasteiger partial charge in [-0.1, -0.05) is 17.7 Å². The Morgan fingerprint density at radius 2 is 1.95 bits per heavy atom. The Bertz CT molecular complexity index is 582. The van der Waals surface area contributed by atoms with E-state index in [1.807, 2.05) is 12.1 Å². The normalized spacial score (nSPS) is 9.95. The molecule has 0 radical (unpaired) electrons. The Morgan fingerprint density at radius 3 is 2.58 bits per heavy atom. The van der Waals surface area contributed by atoms with Crippen LogP contribution in [0.15, 0.2) is 42.6 Å². The van der Waals surface area contributed by atoms with Crippen LogP contribution >= 0.6 is 0 Å². The van der Waals surface area contributed by atoms with Crippen LogP contribution in [0.2, 0.25) is 0 Å².